The summed E-state index contributed by atoms with van der Waals surface area (Å²) in [4.78, 5) is 13.9. The number of aryl methyl sites for hydroxylation is 2. The van der Waals surface area contributed by atoms with Gasteiger partial charge in [-0.25, -0.2) is 9.97 Å². The van der Waals surface area contributed by atoms with Gasteiger partial charge in [-0.2, -0.15) is 5.10 Å². The van der Waals surface area contributed by atoms with Crippen molar-refractivity contribution in [1.82, 2.24) is 24.6 Å². The molecule has 8 heteroatoms. The predicted molar refractivity (Wildman–Crippen MR) is 106 cm³/mol. The third-order valence-corrected chi connectivity index (χ3v) is 5.22. The lowest BCUT2D eigenvalue weighted by molar-refractivity contribution is 0.126. The van der Waals surface area contributed by atoms with Crippen LogP contribution in [0.5, 0.6) is 0 Å². The van der Waals surface area contributed by atoms with E-state index in [0.29, 0.717) is 6.42 Å². The van der Waals surface area contributed by atoms with Gasteiger partial charge >= 0.3 is 0 Å². The highest BCUT2D eigenvalue weighted by atomic mass is 16.3. The first kappa shape index (κ1) is 18.6. The van der Waals surface area contributed by atoms with Gasteiger partial charge in [0.05, 0.1) is 24.2 Å². The summed E-state index contributed by atoms with van der Waals surface area (Å²) in [6.07, 6.45) is 6.20. The van der Waals surface area contributed by atoms with E-state index in [9.17, 15) is 5.11 Å². The molecule has 1 atom stereocenters. The van der Waals surface area contributed by atoms with Crippen LogP contribution < -0.4 is 4.90 Å². The monoisotopic (exact) mass is 382 g/mol. The number of aliphatic hydroxyl groups is 1. The van der Waals surface area contributed by atoms with E-state index in [1.807, 2.05) is 38.4 Å². The molecular formula is C20H26N6O2. The molecule has 0 radical (unpaired) electrons. The highest BCUT2D eigenvalue weighted by Gasteiger charge is 2.28. The molecule has 1 N–H and O–H groups in total. The second-order valence-corrected chi connectivity index (χ2v) is 7.21. The fourth-order valence-electron chi connectivity index (χ4n) is 3.81. The van der Waals surface area contributed by atoms with E-state index in [2.05, 4.69) is 19.9 Å². The molecule has 148 valence electrons. The van der Waals surface area contributed by atoms with Crippen LogP contribution in [0.4, 0.5) is 5.95 Å². The molecule has 1 saturated heterocycles. The Hall–Kier alpha value is -2.71. The van der Waals surface area contributed by atoms with Crippen LogP contribution in [0.2, 0.25) is 0 Å². The lowest BCUT2D eigenvalue weighted by atomic mass is 10.1. The first-order valence-electron chi connectivity index (χ1n) is 9.60. The number of nitrogens with zero attached hydrogens (tertiary/aromatic N) is 6. The lowest BCUT2D eigenvalue weighted by Gasteiger charge is -2.41. The van der Waals surface area contributed by atoms with Crippen molar-refractivity contribution in [2.24, 2.45) is 7.05 Å². The molecule has 1 fully saturated rings. The zero-order valence-electron chi connectivity index (χ0n) is 16.3. The van der Waals surface area contributed by atoms with Crippen LogP contribution in [-0.2, 0) is 13.6 Å². The van der Waals surface area contributed by atoms with Crippen molar-refractivity contribution < 1.29 is 9.52 Å². The Morgan fingerprint density at radius 2 is 2.18 bits per heavy atom. The SMILES string of the molecule is Cc1nn(C)cc1-c1ccnc(N2CCN(Cc3ccco3)C(CCO)C2)n1. The smallest absolute Gasteiger partial charge is 0.225 e. The maximum Gasteiger partial charge on any atom is 0.225 e. The van der Waals surface area contributed by atoms with Crippen LogP contribution in [0, 0.1) is 6.92 Å². The Balaban J connectivity index is 1.52. The molecule has 0 spiro atoms. The molecule has 3 aromatic heterocycles. The van der Waals surface area contributed by atoms with Gasteiger partial charge in [-0.05, 0) is 31.5 Å². The number of anilines is 1. The first-order valence-corrected chi connectivity index (χ1v) is 9.60. The number of piperazine rings is 1. The number of hydrogen-bond acceptors (Lipinski definition) is 7. The van der Waals surface area contributed by atoms with Gasteiger partial charge in [-0.1, -0.05) is 0 Å². The van der Waals surface area contributed by atoms with Gasteiger partial charge in [0.15, 0.2) is 0 Å². The molecule has 1 aliphatic heterocycles. The van der Waals surface area contributed by atoms with Crippen molar-refractivity contribution in [2.45, 2.75) is 25.9 Å². The average molecular weight is 382 g/mol. The molecule has 3 aromatic rings. The van der Waals surface area contributed by atoms with Gasteiger partial charge < -0.3 is 14.4 Å². The lowest BCUT2D eigenvalue weighted by Crippen LogP contribution is -2.53. The molecule has 4 heterocycles. The molecule has 4 rings (SSSR count). The highest BCUT2D eigenvalue weighted by molar-refractivity contribution is 5.61. The minimum absolute atomic E-state index is 0.156. The maximum absolute atomic E-state index is 9.54. The molecule has 0 aliphatic carbocycles. The second-order valence-electron chi connectivity index (χ2n) is 7.21. The minimum atomic E-state index is 0.156. The van der Waals surface area contributed by atoms with Crippen molar-refractivity contribution in [3.63, 3.8) is 0 Å². The van der Waals surface area contributed by atoms with Crippen molar-refractivity contribution in [3.05, 3.63) is 48.3 Å². The fraction of sp³-hybridized carbons (Fsp3) is 0.450. The topological polar surface area (TPSA) is 83.5 Å². The summed E-state index contributed by atoms with van der Waals surface area (Å²) in [5.41, 5.74) is 2.86. The highest BCUT2D eigenvalue weighted by Crippen LogP contribution is 2.24. The Morgan fingerprint density at radius 3 is 2.89 bits per heavy atom. The predicted octanol–water partition coefficient (Wildman–Crippen LogP) is 1.85. The van der Waals surface area contributed by atoms with E-state index in [1.165, 1.54) is 0 Å². The quantitative estimate of drug-likeness (QED) is 0.696. The largest absolute Gasteiger partial charge is 0.468 e. The van der Waals surface area contributed by atoms with Crippen LogP contribution in [0.25, 0.3) is 11.3 Å². The molecule has 28 heavy (non-hydrogen) atoms. The fourth-order valence-corrected chi connectivity index (χ4v) is 3.81. The van der Waals surface area contributed by atoms with Gasteiger partial charge in [-0.3, -0.25) is 9.58 Å². The van der Waals surface area contributed by atoms with Gasteiger partial charge in [-0.15, -0.1) is 0 Å². The summed E-state index contributed by atoms with van der Waals surface area (Å²) in [7, 11) is 1.91. The van der Waals surface area contributed by atoms with Gasteiger partial charge in [0.25, 0.3) is 0 Å². The third kappa shape index (κ3) is 3.93. The number of aliphatic hydroxyl groups excluding tert-OH is 1. The third-order valence-electron chi connectivity index (χ3n) is 5.22. The molecule has 1 unspecified atom stereocenters. The first-order chi connectivity index (χ1) is 13.6. The zero-order valence-corrected chi connectivity index (χ0v) is 16.3. The Kier molecular flexibility index (Phi) is 5.40. The Morgan fingerprint density at radius 1 is 1.29 bits per heavy atom. The molecule has 0 bridgehead atoms. The molecule has 8 nitrogen and oxygen atoms in total. The molecule has 1 aliphatic rings. The normalized spacial score (nSPS) is 18.0. The van der Waals surface area contributed by atoms with Crippen LogP contribution in [0.1, 0.15) is 17.9 Å². The number of hydrogen-bond donors (Lipinski definition) is 1. The Bertz CT molecular complexity index is 907. The van der Waals surface area contributed by atoms with Crippen LogP contribution >= 0.6 is 0 Å². The number of aromatic nitrogens is 4. The summed E-state index contributed by atoms with van der Waals surface area (Å²) in [6, 6.07) is 6.04. The van der Waals surface area contributed by atoms with E-state index in [1.54, 1.807) is 17.1 Å². The molecular weight excluding hydrogens is 356 g/mol. The summed E-state index contributed by atoms with van der Waals surface area (Å²) in [5.74, 6) is 1.67. The molecule has 0 amide bonds. The second kappa shape index (κ2) is 8.12. The summed E-state index contributed by atoms with van der Waals surface area (Å²) in [5, 5.41) is 13.9. The van der Waals surface area contributed by atoms with Crippen molar-refractivity contribution in [2.75, 3.05) is 31.1 Å². The van der Waals surface area contributed by atoms with E-state index in [4.69, 9.17) is 9.40 Å². The van der Waals surface area contributed by atoms with Gasteiger partial charge in [0, 0.05) is 57.3 Å². The summed E-state index contributed by atoms with van der Waals surface area (Å²) >= 11 is 0. The van der Waals surface area contributed by atoms with E-state index in [0.717, 1.165) is 54.8 Å². The van der Waals surface area contributed by atoms with Crippen molar-refractivity contribution >= 4 is 5.95 Å². The van der Waals surface area contributed by atoms with Crippen molar-refractivity contribution in [3.8, 4) is 11.3 Å². The zero-order chi connectivity index (χ0) is 19.5. The van der Waals surface area contributed by atoms with Crippen LogP contribution in [0.15, 0.2) is 41.3 Å². The van der Waals surface area contributed by atoms with Crippen LogP contribution in [-0.4, -0.2) is 62.0 Å². The molecule has 0 aromatic carbocycles. The summed E-state index contributed by atoms with van der Waals surface area (Å²) in [6.45, 7) is 5.37. The van der Waals surface area contributed by atoms with Gasteiger partial charge in [0.1, 0.15) is 5.76 Å². The van der Waals surface area contributed by atoms with Gasteiger partial charge in [0.2, 0.25) is 5.95 Å². The van der Waals surface area contributed by atoms with Crippen molar-refractivity contribution in [1.29, 1.82) is 0 Å². The Labute approximate surface area is 164 Å². The maximum atomic E-state index is 9.54. The van der Waals surface area contributed by atoms with E-state index < -0.39 is 0 Å². The average Bonchev–Trinajstić information content (AvgIpc) is 3.32. The van der Waals surface area contributed by atoms with Crippen LogP contribution in [0.3, 0.4) is 0 Å². The van der Waals surface area contributed by atoms with E-state index in [-0.39, 0.29) is 12.6 Å². The minimum Gasteiger partial charge on any atom is -0.468 e. The standard InChI is InChI=1S/C20H26N6O2/c1-15-18(14-24(2)23-15)19-5-7-21-20(22-19)26-9-8-25(16(12-26)6-10-27)13-17-4-3-11-28-17/h3-5,7,11,14,16,27H,6,8-10,12-13H2,1-2H3. The number of furan rings is 1. The summed E-state index contributed by atoms with van der Waals surface area (Å²) < 4.78 is 7.30. The molecule has 0 saturated carbocycles. The van der Waals surface area contributed by atoms with E-state index >= 15 is 0 Å². The number of rotatable bonds is 6.